The van der Waals surface area contributed by atoms with Crippen molar-refractivity contribution < 1.29 is 13.8 Å². The minimum absolute atomic E-state index is 0.198. The highest BCUT2D eigenvalue weighted by molar-refractivity contribution is 7.71. The van der Waals surface area contributed by atoms with Gasteiger partial charge in [-0.15, -0.1) is 0 Å². The van der Waals surface area contributed by atoms with Gasteiger partial charge in [0.25, 0.3) is 5.56 Å². The van der Waals surface area contributed by atoms with Gasteiger partial charge >= 0.3 is 6.03 Å². The molecule has 0 saturated carbocycles. The van der Waals surface area contributed by atoms with Crippen molar-refractivity contribution in [3.63, 3.8) is 0 Å². The first-order valence-electron chi connectivity index (χ1n) is 14.5. The van der Waals surface area contributed by atoms with Crippen LogP contribution in [0.15, 0.2) is 71.5 Å². The number of aromatic nitrogens is 3. The summed E-state index contributed by atoms with van der Waals surface area (Å²) in [5.74, 6) is 0.229. The Bertz CT molecular complexity index is 2020. The molecule has 11 heteroatoms. The van der Waals surface area contributed by atoms with Gasteiger partial charge in [-0.2, -0.15) is 0 Å². The van der Waals surface area contributed by atoms with Crippen LogP contribution in [0.2, 0.25) is 0 Å². The number of hydrogen-bond donors (Lipinski definition) is 3. The number of nitrogens with one attached hydrogen (secondary N) is 3. The van der Waals surface area contributed by atoms with Crippen LogP contribution in [0.1, 0.15) is 16.8 Å². The molecule has 1 saturated heterocycles. The quantitative estimate of drug-likeness (QED) is 0.215. The van der Waals surface area contributed by atoms with Crippen molar-refractivity contribution in [3.8, 4) is 0 Å². The molecule has 0 bridgehead atoms. The summed E-state index contributed by atoms with van der Waals surface area (Å²) in [7, 11) is -0.636. The summed E-state index contributed by atoms with van der Waals surface area (Å²) < 4.78 is 28.8. The Morgan fingerprint density at radius 3 is 2.57 bits per heavy atom. The molecule has 1 aliphatic heterocycles. The average molecular weight is 613 g/mol. The van der Waals surface area contributed by atoms with E-state index in [1.165, 1.54) is 12.1 Å². The van der Waals surface area contributed by atoms with Crippen LogP contribution in [-0.4, -0.2) is 57.4 Å². The van der Waals surface area contributed by atoms with E-state index in [1.807, 2.05) is 67.9 Å². The lowest BCUT2D eigenvalue weighted by molar-refractivity contribution is 0.203. The van der Waals surface area contributed by atoms with Gasteiger partial charge in [-0.05, 0) is 60.7 Å². The standard InChI is InChI=1S/C33H34FN6O3P/c1-21-20-23(34)11-13-26(21)37-32-38-28-14-12-25-22(2)27(36-31(41)29(25)30(28)39(32)3)10-7-15-35-33(42)40-16-18-44(43,19-17-40)24-8-5-4-6-9-24/h4-14,20H,15-19H2,1-3H3,(H,35,42)(H,36,41)(H,37,38)/b10-7+. The minimum atomic E-state index is -2.47. The number of halogens is 1. The summed E-state index contributed by atoms with van der Waals surface area (Å²) in [6, 6.07) is 17.6. The van der Waals surface area contributed by atoms with E-state index in [1.54, 1.807) is 23.1 Å². The fraction of sp³-hybridized carbons (Fsp3) is 0.242. The maximum Gasteiger partial charge on any atom is 0.317 e. The van der Waals surface area contributed by atoms with Gasteiger partial charge < -0.3 is 29.6 Å². The lowest BCUT2D eigenvalue weighted by atomic mass is 10.0. The van der Waals surface area contributed by atoms with Crippen LogP contribution in [-0.2, 0) is 11.6 Å². The highest BCUT2D eigenvalue weighted by Crippen LogP contribution is 2.46. The number of nitrogens with zero attached hydrogens (tertiary/aromatic N) is 3. The Kier molecular flexibility index (Phi) is 7.86. The predicted molar refractivity (Wildman–Crippen MR) is 175 cm³/mol. The number of fused-ring (bicyclic) bond motifs is 3. The number of H-pyrrole nitrogens is 1. The van der Waals surface area contributed by atoms with E-state index in [2.05, 4.69) is 20.6 Å². The predicted octanol–water partition coefficient (Wildman–Crippen LogP) is 5.64. The van der Waals surface area contributed by atoms with E-state index in [0.717, 1.165) is 27.5 Å². The lowest BCUT2D eigenvalue weighted by Gasteiger charge is -2.32. The lowest BCUT2D eigenvalue weighted by Crippen LogP contribution is -2.46. The maximum atomic E-state index is 13.6. The van der Waals surface area contributed by atoms with Gasteiger partial charge in [0.1, 0.15) is 13.0 Å². The highest BCUT2D eigenvalue weighted by Gasteiger charge is 2.32. The van der Waals surface area contributed by atoms with Crippen LogP contribution < -0.4 is 21.5 Å². The number of carbonyl (C=O) groups excluding carboxylic acids is 1. The largest absolute Gasteiger partial charge is 0.335 e. The number of imidazole rings is 1. The third kappa shape index (κ3) is 5.53. The number of hydrogen-bond acceptors (Lipinski definition) is 5. The molecule has 2 amide bonds. The number of aryl methyl sites for hydroxylation is 3. The summed E-state index contributed by atoms with van der Waals surface area (Å²) >= 11 is 0. The first-order valence-corrected chi connectivity index (χ1v) is 16.6. The van der Waals surface area contributed by atoms with Gasteiger partial charge in [0.2, 0.25) is 5.95 Å². The normalized spacial score (nSPS) is 14.9. The van der Waals surface area contributed by atoms with Crippen LogP contribution in [0.4, 0.5) is 20.8 Å². The van der Waals surface area contributed by atoms with Gasteiger partial charge in [0, 0.05) is 55.7 Å². The number of urea groups is 1. The number of rotatable bonds is 6. The fourth-order valence-electron chi connectivity index (χ4n) is 5.82. The molecule has 9 nitrogen and oxygen atoms in total. The second-order valence-corrected chi connectivity index (χ2v) is 14.4. The summed E-state index contributed by atoms with van der Waals surface area (Å²) in [4.78, 5) is 35.5. The smallest absolute Gasteiger partial charge is 0.317 e. The van der Waals surface area contributed by atoms with Gasteiger partial charge in [0.15, 0.2) is 0 Å². The molecule has 2 aromatic heterocycles. The zero-order chi connectivity index (χ0) is 31.0. The van der Waals surface area contributed by atoms with E-state index >= 15 is 0 Å². The Morgan fingerprint density at radius 2 is 1.84 bits per heavy atom. The maximum absolute atomic E-state index is 13.6. The first-order chi connectivity index (χ1) is 21.1. The monoisotopic (exact) mass is 612 g/mol. The van der Waals surface area contributed by atoms with Crippen LogP contribution in [0.3, 0.4) is 0 Å². The molecule has 226 valence electrons. The second-order valence-electron chi connectivity index (χ2n) is 11.2. The summed E-state index contributed by atoms with van der Waals surface area (Å²) in [5.41, 5.74) is 4.12. The number of carbonyl (C=O) groups is 1. The molecule has 6 rings (SSSR count). The summed E-state index contributed by atoms with van der Waals surface area (Å²) in [5, 5.41) is 8.37. The van der Waals surface area contributed by atoms with E-state index in [-0.39, 0.29) is 24.0 Å². The Labute approximate surface area is 254 Å². The van der Waals surface area contributed by atoms with Crippen LogP contribution in [0.5, 0.6) is 0 Å². The molecule has 1 aliphatic rings. The van der Waals surface area contributed by atoms with E-state index in [9.17, 15) is 18.5 Å². The number of benzene rings is 3. The highest BCUT2D eigenvalue weighted by atomic mass is 31.2. The Hall–Kier alpha value is -4.69. The fourth-order valence-corrected chi connectivity index (χ4v) is 8.41. The first kappa shape index (κ1) is 29.4. The third-order valence-electron chi connectivity index (χ3n) is 8.39. The summed E-state index contributed by atoms with van der Waals surface area (Å²) in [6.45, 7) is 4.93. The van der Waals surface area contributed by atoms with Crippen LogP contribution >= 0.6 is 7.14 Å². The van der Waals surface area contributed by atoms with Gasteiger partial charge in [-0.3, -0.25) is 4.79 Å². The molecule has 0 atom stereocenters. The van der Waals surface area contributed by atoms with E-state index < -0.39 is 7.14 Å². The van der Waals surface area contributed by atoms with Crippen LogP contribution in [0, 0.1) is 19.7 Å². The third-order valence-corrected chi connectivity index (χ3v) is 11.5. The molecule has 5 aromatic rings. The number of anilines is 2. The van der Waals surface area contributed by atoms with Gasteiger partial charge in [-0.25, -0.2) is 14.2 Å². The molecule has 0 radical (unpaired) electrons. The Balaban J connectivity index is 1.15. The molecule has 3 N–H and O–H groups in total. The summed E-state index contributed by atoms with van der Waals surface area (Å²) in [6.07, 6.45) is 4.56. The molecule has 0 unspecified atom stereocenters. The second kappa shape index (κ2) is 11.8. The van der Waals surface area contributed by atoms with Crippen molar-refractivity contribution in [2.24, 2.45) is 7.05 Å². The molecular formula is C33H34FN6O3P. The van der Waals surface area contributed by atoms with Crippen molar-refractivity contribution in [2.45, 2.75) is 13.8 Å². The van der Waals surface area contributed by atoms with E-state index in [4.69, 9.17) is 0 Å². The molecular weight excluding hydrogens is 578 g/mol. The molecule has 0 aliphatic carbocycles. The molecule has 1 fully saturated rings. The van der Waals surface area contributed by atoms with Crippen molar-refractivity contribution in [3.05, 3.63) is 99.7 Å². The number of amides is 2. The van der Waals surface area contributed by atoms with Gasteiger partial charge in [-0.1, -0.05) is 42.5 Å². The average Bonchev–Trinajstić information content (AvgIpc) is 3.34. The van der Waals surface area contributed by atoms with Crippen molar-refractivity contribution in [1.29, 1.82) is 0 Å². The van der Waals surface area contributed by atoms with E-state index in [0.29, 0.717) is 53.5 Å². The van der Waals surface area contributed by atoms with Crippen molar-refractivity contribution >= 4 is 58.0 Å². The zero-order valence-electron chi connectivity index (χ0n) is 24.9. The minimum Gasteiger partial charge on any atom is -0.335 e. The molecule has 3 heterocycles. The number of aromatic amines is 1. The molecule has 44 heavy (non-hydrogen) atoms. The SMILES string of the molecule is Cc1cc(F)ccc1Nc1nc2ccc3c(C)c(/C=C/CNC(=O)N4CCP(=O)(c5ccccc5)CC4)[nH]c(=O)c3c2n1C. The molecule has 0 spiro atoms. The van der Waals surface area contributed by atoms with Crippen molar-refractivity contribution in [2.75, 3.05) is 37.3 Å². The number of pyridine rings is 1. The van der Waals surface area contributed by atoms with Crippen LogP contribution in [0.25, 0.3) is 27.9 Å². The zero-order valence-corrected chi connectivity index (χ0v) is 25.7. The Morgan fingerprint density at radius 1 is 1.09 bits per heavy atom. The van der Waals surface area contributed by atoms with Crippen molar-refractivity contribution in [1.82, 2.24) is 24.8 Å². The van der Waals surface area contributed by atoms with Gasteiger partial charge in [0.05, 0.1) is 16.4 Å². The topological polar surface area (TPSA) is 112 Å². The molecule has 3 aromatic carbocycles.